The highest BCUT2D eigenvalue weighted by Crippen LogP contribution is 2.29. The van der Waals surface area contributed by atoms with Gasteiger partial charge >= 0.3 is 0 Å². The normalized spacial score (nSPS) is 10.6. The van der Waals surface area contributed by atoms with Gasteiger partial charge in [0.15, 0.2) is 5.13 Å². The average molecular weight is 327 g/mol. The molecule has 0 amide bonds. The van der Waals surface area contributed by atoms with Crippen molar-refractivity contribution in [3.05, 3.63) is 38.8 Å². The number of aromatic nitrogens is 1. The van der Waals surface area contributed by atoms with E-state index in [1.165, 1.54) is 10.4 Å². The third-order valence-corrected chi connectivity index (χ3v) is 4.43. The van der Waals surface area contributed by atoms with Crippen LogP contribution in [0.4, 0.5) is 5.13 Å². The number of benzene rings is 1. The Hall–Kier alpha value is -1.07. The molecule has 2 N–H and O–H groups in total. The number of methoxy groups -OCH3 is 1. The summed E-state index contributed by atoms with van der Waals surface area (Å²) in [6, 6.07) is 5.99. The van der Waals surface area contributed by atoms with Gasteiger partial charge in [0.05, 0.1) is 12.8 Å². The molecule has 2 aromatic rings. The van der Waals surface area contributed by atoms with E-state index in [-0.39, 0.29) is 0 Å². The van der Waals surface area contributed by atoms with Gasteiger partial charge < -0.3 is 10.5 Å². The predicted molar refractivity (Wildman–Crippen MR) is 79.4 cm³/mol. The van der Waals surface area contributed by atoms with Crippen molar-refractivity contribution in [1.29, 1.82) is 0 Å². The van der Waals surface area contributed by atoms with E-state index < -0.39 is 0 Å². The van der Waals surface area contributed by atoms with Gasteiger partial charge in [-0.1, -0.05) is 22.9 Å². The highest BCUT2D eigenvalue weighted by molar-refractivity contribution is 9.10. The van der Waals surface area contributed by atoms with E-state index in [0.29, 0.717) is 5.13 Å². The summed E-state index contributed by atoms with van der Waals surface area (Å²) < 4.78 is 6.33. The van der Waals surface area contributed by atoms with Crippen LogP contribution in [0.3, 0.4) is 0 Å². The van der Waals surface area contributed by atoms with Gasteiger partial charge in [-0.3, -0.25) is 0 Å². The van der Waals surface area contributed by atoms with Gasteiger partial charge in [0, 0.05) is 15.8 Å². The van der Waals surface area contributed by atoms with Crippen molar-refractivity contribution in [1.82, 2.24) is 4.98 Å². The van der Waals surface area contributed by atoms with Gasteiger partial charge in [-0.25, -0.2) is 4.98 Å². The minimum absolute atomic E-state index is 0.640. The molecule has 18 heavy (non-hydrogen) atoms. The van der Waals surface area contributed by atoms with E-state index in [2.05, 4.69) is 27.8 Å². The van der Waals surface area contributed by atoms with Crippen LogP contribution in [0.1, 0.15) is 23.1 Å². The molecule has 0 aliphatic carbocycles. The zero-order chi connectivity index (χ0) is 13.1. The summed E-state index contributed by atoms with van der Waals surface area (Å²) in [5, 5.41) is 0.640. The second kappa shape index (κ2) is 5.71. The largest absolute Gasteiger partial charge is 0.497 e. The Labute approximate surface area is 119 Å². The number of rotatable bonds is 4. The van der Waals surface area contributed by atoms with Crippen LogP contribution in [-0.4, -0.2) is 12.1 Å². The summed E-state index contributed by atoms with van der Waals surface area (Å²) in [6.07, 6.45) is 1.74. The first-order valence-electron chi connectivity index (χ1n) is 5.70. The van der Waals surface area contributed by atoms with Gasteiger partial charge in [0.2, 0.25) is 0 Å². The molecule has 0 aliphatic rings. The zero-order valence-electron chi connectivity index (χ0n) is 10.4. The first-order chi connectivity index (χ1) is 8.63. The second-order valence-electron chi connectivity index (χ2n) is 3.91. The minimum atomic E-state index is 0.640. The van der Waals surface area contributed by atoms with Gasteiger partial charge in [-0.15, -0.1) is 11.3 Å². The van der Waals surface area contributed by atoms with Gasteiger partial charge in [0.1, 0.15) is 5.75 Å². The van der Waals surface area contributed by atoms with Crippen LogP contribution in [0.5, 0.6) is 5.75 Å². The Morgan fingerprint density at radius 3 is 2.89 bits per heavy atom. The number of nitrogen functional groups attached to an aromatic ring is 1. The number of thiazole rings is 1. The fraction of sp³-hybridized carbons (Fsp3) is 0.308. The van der Waals surface area contributed by atoms with Crippen LogP contribution < -0.4 is 10.5 Å². The lowest BCUT2D eigenvalue weighted by Gasteiger charge is -2.07. The highest BCUT2D eigenvalue weighted by atomic mass is 79.9. The number of ether oxygens (including phenoxy) is 1. The molecule has 0 aliphatic heterocycles. The summed E-state index contributed by atoms with van der Waals surface area (Å²) in [6.45, 7) is 2.10. The average Bonchev–Trinajstić information content (AvgIpc) is 2.72. The standard InChI is InChI=1S/C13H15BrN2OS/c1-3-11-12(18-13(15)16-11)7-8-6-9(17-2)4-5-10(8)14/h4-6H,3,7H2,1-2H3,(H2,15,16). The lowest BCUT2D eigenvalue weighted by Crippen LogP contribution is -1.93. The van der Waals surface area contributed by atoms with Crippen molar-refractivity contribution in [2.45, 2.75) is 19.8 Å². The molecule has 3 nitrogen and oxygen atoms in total. The highest BCUT2D eigenvalue weighted by Gasteiger charge is 2.11. The Balaban J connectivity index is 2.32. The maximum Gasteiger partial charge on any atom is 0.180 e. The Kier molecular flexibility index (Phi) is 4.24. The molecular weight excluding hydrogens is 312 g/mol. The van der Waals surface area contributed by atoms with Crippen molar-refractivity contribution in [3.8, 4) is 5.75 Å². The molecule has 0 atom stereocenters. The van der Waals surface area contributed by atoms with E-state index in [9.17, 15) is 0 Å². The maximum absolute atomic E-state index is 5.77. The Bertz CT molecular complexity index is 554. The molecule has 96 valence electrons. The number of nitrogens with two attached hydrogens (primary N) is 1. The van der Waals surface area contributed by atoms with Crippen LogP contribution in [0.2, 0.25) is 0 Å². The lowest BCUT2D eigenvalue weighted by molar-refractivity contribution is 0.414. The Morgan fingerprint density at radius 1 is 1.44 bits per heavy atom. The first kappa shape index (κ1) is 13.4. The summed E-state index contributed by atoms with van der Waals surface area (Å²) in [5.41, 5.74) is 8.05. The summed E-state index contributed by atoms with van der Waals surface area (Å²) in [4.78, 5) is 5.57. The lowest BCUT2D eigenvalue weighted by atomic mass is 10.1. The smallest absolute Gasteiger partial charge is 0.180 e. The molecule has 0 bridgehead atoms. The zero-order valence-corrected chi connectivity index (χ0v) is 12.8. The molecule has 0 unspecified atom stereocenters. The van der Waals surface area contributed by atoms with E-state index in [0.717, 1.165) is 28.8 Å². The second-order valence-corrected chi connectivity index (χ2v) is 5.88. The Morgan fingerprint density at radius 2 is 2.22 bits per heavy atom. The monoisotopic (exact) mass is 326 g/mol. The molecule has 2 rings (SSSR count). The molecule has 0 radical (unpaired) electrons. The number of hydrogen-bond donors (Lipinski definition) is 1. The minimum Gasteiger partial charge on any atom is -0.497 e. The summed E-state index contributed by atoms with van der Waals surface area (Å²) in [7, 11) is 1.68. The van der Waals surface area contributed by atoms with E-state index in [1.54, 1.807) is 18.4 Å². The molecule has 0 spiro atoms. The molecular formula is C13H15BrN2OS. The molecule has 0 saturated heterocycles. The molecule has 1 aromatic heterocycles. The van der Waals surface area contributed by atoms with Crippen molar-refractivity contribution in [3.63, 3.8) is 0 Å². The van der Waals surface area contributed by atoms with E-state index >= 15 is 0 Å². The number of halogens is 1. The van der Waals surface area contributed by atoms with Crippen LogP contribution in [0.25, 0.3) is 0 Å². The molecule has 1 heterocycles. The van der Waals surface area contributed by atoms with E-state index in [4.69, 9.17) is 10.5 Å². The van der Waals surface area contributed by atoms with Gasteiger partial charge in [-0.05, 0) is 30.2 Å². The first-order valence-corrected chi connectivity index (χ1v) is 7.31. The van der Waals surface area contributed by atoms with Crippen molar-refractivity contribution < 1.29 is 4.74 Å². The molecule has 5 heteroatoms. The summed E-state index contributed by atoms with van der Waals surface area (Å²) >= 11 is 5.13. The quantitative estimate of drug-likeness (QED) is 0.932. The maximum atomic E-state index is 5.77. The number of nitrogens with zero attached hydrogens (tertiary/aromatic N) is 1. The van der Waals surface area contributed by atoms with Crippen LogP contribution in [0.15, 0.2) is 22.7 Å². The molecule has 0 saturated carbocycles. The van der Waals surface area contributed by atoms with Gasteiger partial charge in [-0.2, -0.15) is 0 Å². The van der Waals surface area contributed by atoms with Crippen LogP contribution >= 0.6 is 27.3 Å². The fourth-order valence-corrected chi connectivity index (χ4v) is 3.13. The summed E-state index contributed by atoms with van der Waals surface area (Å²) in [5.74, 6) is 0.865. The number of hydrogen-bond acceptors (Lipinski definition) is 4. The van der Waals surface area contributed by atoms with Crippen LogP contribution in [0, 0.1) is 0 Å². The van der Waals surface area contributed by atoms with Crippen molar-refractivity contribution in [2.24, 2.45) is 0 Å². The van der Waals surface area contributed by atoms with Crippen LogP contribution in [-0.2, 0) is 12.8 Å². The molecule has 1 aromatic carbocycles. The number of anilines is 1. The van der Waals surface area contributed by atoms with E-state index in [1.807, 2.05) is 18.2 Å². The third-order valence-electron chi connectivity index (χ3n) is 2.73. The van der Waals surface area contributed by atoms with Crippen molar-refractivity contribution >= 4 is 32.4 Å². The molecule has 0 fully saturated rings. The topological polar surface area (TPSA) is 48.1 Å². The van der Waals surface area contributed by atoms with Gasteiger partial charge in [0.25, 0.3) is 0 Å². The number of aryl methyl sites for hydroxylation is 1. The predicted octanol–water partition coefficient (Wildman–Crippen LogP) is 3.65. The SMILES string of the molecule is CCc1nc(N)sc1Cc1cc(OC)ccc1Br. The third kappa shape index (κ3) is 2.84. The fourth-order valence-electron chi connectivity index (χ4n) is 1.80. The van der Waals surface area contributed by atoms with Crippen molar-refractivity contribution in [2.75, 3.05) is 12.8 Å².